The predicted molar refractivity (Wildman–Crippen MR) is 76.6 cm³/mol. The predicted octanol–water partition coefficient (Wildman–Crippen LogP) is 3.35. The molecule has 0 aromatic heterocycles. The van der Waals surface area contributed by atoms with E-state index in [0.29, 0.717) is 22.8 Å². The lowest BCUT2D eigenvalue weighted by Crippen LogP contribution is -2.05. The average Bonchev–Trinajstić information content (AvgIpc) is 3.30. The molecule has 4 heteroatoms. The van der Waals surface area contributed by atoms with Crippen molar-refractivity contribution in [3.05, 3.63) is 64.7 Å². The lowest BCUT2D eigenvalue weighted by Gasteiger charge is -2.05. The maximum Gasteiger partial charge on any atom is 0.193 e. The number of hydrogen-bond acceptors (Lipinski definition) is 3. The Bertz CT molecular complexity index is 601. The Morgan fingerprint density at radius 2 is 1.65 bits per heavy atom. The number of carbonyl (C=O) groups excluding carboxylic acids is 1. The van der Waals surface area contributed by atoms with Crippen LogP contribution in [0.1, 0.15) is 15.9 Å². The van der Waals surface area contributed by atoms with E-state index < -0.39 is 0 Å². The summed E-state index contributed by atoms with van der Waals surface area (Å²) in [5, 5.41) is 0.618. The van der Waals surface area contributed by atoms with Gasteiger partial charge in [-0.3, -0.25) is 4.79 Å². The molecule has 1 atom stereocenters. The van der Waals surface area contributed by atoms with Gasteiger partial charge in [-0.15, -0.1) is 0 Å². The van der Waals surface area contributed by atoms with Crippen molar-refractivity contribution in [3.8, 4) is 5.75 Å². The number of ketones is 1. The molecule has 0 amide bonds. The normalized spacial score (nSPS) is 16.8. The van der Waals surface area contributed by atoms with Gasteiger partial charge in [-0.25, -0.2) is 0 Å². The van der Waals surface area contributed by atoms with Crippen LogP contribution in [0.4, 0.5) is 0 Å². The van der Waals surface area contributed by atoms with Crippen molar-refractivity contribution in [3.63, 3.8) is 0 Å². The SMILES string of the molecule is O=C(c1ccc(Cl)cc1)c1ccc(OCC2CO2)cc1. The Balaban J connectivity index is 1.69. The van der Waals surface area contributed by atoms with Crippen LogP contribution in [0.25, 0.3) is 0 Å². The summed E-state index contributed by atoms with van der Waals surface area (Å²) in [5.41, 5.74) is 1.25. The topological polar surface area (TPSA) is 38.8 Å². The van der Waals surface area contributed by atoms with Gasteiger partial charge in [0.25, 0.3) is 0 Å². The molecule has 0 N–H and O–H groups in total. The number of hydrogen-bond donors (Lipinski definition) is 0. The molecule has 1 unspecified atom stereocenters. The van der Waals surface area contributed by atoms with Gasteiger partial charge in [0.1, 0.15) is 18.5 Å². The van der Waals surface area contributed by atoms with Crippen molar-refractivity contribution < 1.29 is 14.3 Å². The third-order valence-corrected chi connectivity index (χ3v) is 3.31. The highest BCUT2D eigenvalue weighted by atomic mass is 35.5. The van der Waals surface area contributed by atoms with Crippen LogP contribution >= 0.6 is 11.6 Å². The standard InChI is InChI=1S/C16H13ClO3/c17-13-5-1-11(2-6-13)16(18)12-3-7-14(8-4-12)19-9-15-10-20-15/h1-8,15H,9-10H2. The van der Waals surface area contributed by atoms with E-state index in [0.717, 1.165) is 12.4 Å². The first-order valence-corrected chi connectivity index (χ1v) is 6.75. The van der Waals surface area contributed by atoms with Crippen LogP contribution in [-0.2, 0) is 4.74 Å². The van der Waals surface area contributed by atoms with Crippen LogP contribution in [-0.4, -0.2) is 25.1 Å². The first-order valence-electron chi connectivity index (χ1n) is 6.37. The van der Waals surface area contributed by atoms with E-state index in [2.05, 4.69) is 0 Å². The monoisotopic (exact) mass is 288 g/mol. The van der Waals surface area contributed by atoms with Gasteiger partial charge in [-0.05, 0) is 48.5 Å². The molecule has 0 saturated carbocycles. The minimum atomic E-state index is -0.0289. The van der Waals surface area contributed by atoms with Gasteiger partial charge in [0.15, 0.2) is 5.78 Å². The Morgan fingerprint density at radius 1 is 1.10 bits per heavy atom. The van der Waals surface area contributed by atoms with Gasteiger partial charge < -0.3 is 9.47 Å². The summed E-state index contributed by atoms with van der Waals surface area (Å²) in [6, 6.07) is 14.0. The number of ether oxygens (including phenoxy) is 2. The smallest absolute Gasteiger partial charge is 0.193 e. The summed E-state index contributed by atoms with van der Waals surface area (Å²) in [4.78, 5) is 12.2. The number of halogens is 1. The van der Waals surface area contributed by atoms with Crippen molar-refractivity contribution in [1.29, 1.82) is 0 Å². The lowest BCUT2D eigenvalue weighted by atomic mass is 10.0. The van der Waals surface area contributed by atoms with Gasteiger partial charge in [-0.2, -0.15) is 0 Å². The van der Waals surface area contributed by atoms with Crippen LogP contribution in [0.3, 0.4) is 0 Å². The van der Waals surface area contributed by atoms with E-state index in [9.17, 15) is 4.79 Å². The van der Waals surface area contributed by atoms with E-state index in [1.807, 2.05) is 0 Å². The van der Waals surface area contributed by atoms with Crippen molar-refractivity contribution in [2.45, 2.75) is 6.10 Å². The minimum absolute atomic E-state index is 0.0289. The molecule has 1 fully saturated rings. The molecule has 2 aromatic rings. The summed E-state index contributed by atoms with van der Waals surface area (Å²) in [6.07, 6.45) is 0.227. The molecule has 0 radical (unpaired) electrons. The first-order chi connectivity index (χ1) is 9.72. The molecule has 1 saturated heterocycles. The number of rotatable bonds is 5. The molecule has 0 aliphatic carbocycles. The van der Waals surface area contributed by atoms with E-state index in [4.69, 9.17) is 21.1 Å². The molecular weight excluding hydrogens is 276 g/mol. The number of benzene rings is 2. The van der Waals surface area contributed by atoms with Crippen LogP contribution < -0.4 is 4.74 Å². The maximum absolute atomic E-state index is 12.2. The first kappa shape index (κ1) is 13.2. The van der Waals surface area contributed by atoms with E-state index in [-0.39, 0.29) is 11.9 Å². The fourth-order valence-electron chi connectivity index (χ4n) is 1.82. The summed E-state index contributed by atoms with van der Waals surface area (Å²) < 4.78 is 10.6. The fraction of sp³-hybridized carbons (Fsp3) is 0.188. The fourth-order valence-corrected chi connectivity index (χ4v) is 1.95. The van der Waals surface area contributed by atoms with Crippen molar-refractivity contribution in [2.75, 3.05) is 13.2 Å². The van der Waals surface area contributed by atoms with Crippen LogP contribution in [0.15, 0.2) is 48.5 Å². The lowest BCUT2D eigenvalue weighted by molar-refractivity contribution is 0.103. The molecule has 1 aliphatic rings. The van der Waals surface area contributed by atoms with Gasteiger partial charge in [0.2, 0.25) is 0 Å². The third kappa shape index (κ3) is 3.18. The zero-order chi connectivity index (χ0) is 13.9. The molecular formula is C16H13ClO3. The highest BCUT2D eigenvalue weighted by Crippen LogP contribution is 2.18. The summed E-state index contributed by atoms with van der Waals surface area (Å²) >= 11 is 5.81. The Kier molecular flexibility index (Phi) is 3.72. The van der Waals surface area contributed by atoms with Crippen molar-refractivity contribution in [1.82, 2.24) is 0 Å². The van der Waals surface area contributed by atoms with E-state index >= 15 is 0 Å². The van der Waals surface area contributed by atoms with Crippen molar-refractivity contribution in [2.24, 2.45) is 0 Å². The molecule has 1 aliphatic heterocycles. The Labute approximate surface area is 122 Å². The third-order valence-electron chi connectivity index (χ3n) is 3.06. The Morgan fingerprint density at radius 3 is 2.20 bits per heavy atom. The van der Waals surface area contributed by atoms with Crippen LogP contribution in [0.2, 0.25) is 5.02 Å². The van der Waals surface area contributed by atoms with Crippen LogP contribution in [0.5, 0.6) is 5.75 Å². The highest BCUT2D eigenvalue weighted by molar-refractivity contribution is 6.30. The second kappa shape index (κ2) is 5.65. The summed E-state index contributed by atoms with van der Waals surface area (Å²) in [6.45, 7) is 1.33. The molecule has 102 valence electrons. The van der Waals surface area contributed by atoms with Crippen LogP contribution in [0, 0.1) is 0 Å². The molecule has 1 heterocycles. The van der Waals surface area contributed by atoms with Gasteiger partial charge in [0, 0.05) is 16.1 Å². The van der Waals surface area contributed by atoms with Crippen molar-refractivity contribution >= 4 is 17.4 Å². The van der Waals surface area contributed by atoms with E-state index in [1.165, 1.54) is 0 Å². The minimum Gasteiger partial charge on any atom is -0.491 e. The molecule has 3 rings (SSSR count). The van der Waals surface area contributed by atoms with Gasteiger partial charge in [0.05, 0.1) is 6.61 Å². The Hall–Kier alpha value is -1.84. The molecule has 0 spiro atoms. The summed E-state index contributed by atoms with van der Waals surface area (Å²) in [5.74, 6) is 0.715. The largest absolute Gasteiger partial charge is 0.491 e. The molecule has 0 bridgehead atoms. The number of carbonyl (C=O) groups is 1. The zero-order valence-electron chi connectivity index (χ0n) is 10.7. The second-order valence-corrected chi connectivity index (χ2v) is 5.06. The quantitative estimate of drug-likeness (QED) is 0.625. The van der Waals surface area contributed by atoms with Gasteiger partial charge >= 0.3 is 0 Å². The molecule has 20 heavy (non-hydrogen) atoms. The number of epoxide rings is 1. The highest BCUT2D eigenvalue weighted by Gasteiger charge is 2.23. The molecule has 3 nitrogen and oxygen atoms in total. The maximum atomic E-state index is 12.2. The second-order valence-electron chi connectivity index (χ2n) is 4.63. The zero-order valence-corrected chi connectivity index (χ0v) is 11.5. The molecule has 2 aromatic carbocycles. The van der Waals surface area contributed by atoms with Gasteiger partial charge in [-0.1, -0.05) is 11.6 Å². The average molecular weight is 289 g/mol. The van der Waals surface area contributed by atoms with E-state index in [1.54, 1.807) is 48.5 Å². The summed E-state index contributed by atoms with van der Waals surface area (Å²) in [7, 11) is 0.